The number of carbonyl (C=O) groups is 1. The third-order valence-electron chi connectivity index (χ3n) is 6.47. The minimum absolute atomic E-state index is 0.107. The molecule has 2 aromatic carbocycles. The van der Waals surface area contributed by atoms with Crippen molar-refractivity contribution in [2.45, 2.75) is 24.2 Å². The zero-order valence-electron chi connectivity index (χ0n) is 15.1. The van der Waals surface area contributed by atoms with Gasteiger partial charge in [-0.05, 0) is 48.7 Å². The summed E-state index contributed by atoms with van der Waals surface area (Å²) in [5.74, 6) is -0.107. The number of sulfonamides is 1. The first kappa shape index (κ1) is 17.0. The Morgan fingerprint density at radius 3 is 2.52 bits per heavy atom. The highest BCUT2D eigenvalue weighted by molar-refractivity contribution is 7.93. The molecule has 27 heavy (non-hydrogen) atoms. The van der Waals surface area contributed by atoms with Crippen molar-refractivity contribution < 1.29 is 13.2 Å². The summed E-state index contributed by atoms with van der Waals surface area (Å²) < 4.78 is 27.4. The highest BCUT2D eigenvalue weighted by atomic mass is 32.2. The molecule has 0 aromatic heterocycles. The van der Waals surface area contributed by atoms with Crippen LogP contribution in [0.25, 0.3) is 10.8 Å². The number of piperidine rings is 1. The number of amides is 1. The molecule has 3 aliphatic heterocycles. The lowest BCUT2D eigenvalue weighted by Gasteiger charge is -2.39. The van der Waals surface area contributed by atoms with Gasteiger partial charge >= 0.3 is 0 Å². The van der Waals surface area contributed by atoms with E-state index in [1.165, 1.54) is 10.7 Å². The van der Waals surface area contributed by atoms with Crippen LogP contribution in [0.15, 0.2) is 41.3 Å². The Morgan fingerprint density at radius 1 is 1.07 bits per heavy atom. The van der Waals surface area contributed by atoms with Crippen molar-refractivity contribution in [2.75, 3.05) is 37.0 Å². The summed E-state index contributed by atoms with van der Waals surface area (Å²) in [4.78, 5) is 15.1. The van der Waals surface area contributed by atoms with Crippen molar-refractivity contribution in [3.8, 4) is 0 Å². The lowest BCUT2D eigenvalue weighted by Crippen LogP contribution is -2.48. The zero-order chi connectivity index (χ0) is 18.6. The third kappa shape index (κ3) is 2.56. The fourth-order valence-electron chi connectivity index (χ4n) is 4.80. The fraction of sp³-hybridized carbons (Fsp3) is 0.450. The maximum Gasteiger partial charge on any atom is 0.265 e. The first-order valence-corrected chi connectivity index (χ1v) is 11.0. The van der Waals surface area contributed by atoms with Gasteiger partial charge in [-0.15, -0.1) is 0 Å². The largest absolute Gasteiger partial charge is 0.341 e. The number of carbonyl (C=O) groups excluding carboxylic acids is 1. The summed E-state index contributed by atoms with van der Waals surface area (Å²) in [6.07, 6.45) is 3.16. The molecule has 0 radical (unpaired) electrons. The van der Waals surface area contributed by atoms with E-state index in [1.54, 1.807) is 18.2 Å². The van der Waals surface area contributed by atoms with Crippen LogP contribution in [0.5, 0.6) is 0 Å². The van der Waals surface area contributed by atoms with E-state index in [4.69, 9.17) is 0 Å². The number of hydrogen-bond donors (Lipinski definition) is 1. The van der Waals surface area contributed by atoms with Gasteiger partial charge in [0, 0.05) is 25.0 Å². The lowest BCUT2D eigenvalue weighted by atomic mass is 9.78. The summed E-state index contributed by atoms with van der Waals surface area (Å²) in [6, 6.07) is 10.8. The molecule has 0 aliphatic carbocycles. The van der Waals surface area contributed by atoms with E-state index in [2.05, 4.69) is 5.32 Å². The Bertz CT molecular complexity index is 1010. The maximum absolute atomic E-state index is 13.0. The average Bonchev–Trinajstić information content (AvgIpc) is 3.21. The molecule has 2 fully saturated rings. The second-order valence-electron chi connectivity index (χ2n) is 7.95. The Kier molecular flexibility index (Phi) is 3.74. The number of nitrogens with zero attached hydrogens (tertiary/aromatic N) is 2. The van der Waals surface area contributed by atoms with E-state index in [9.17, 15) is 13.2 Å². The Hall–Kier alpha value is -2.12. The van der Waals surface area contributed by atoms with Gasteiger partial charge in [0.15, 0.2) is 0 Å². The highest BCUT2D eigenvalue weighted by Crippen LogP contribution is 2.42. The molecule has 0 unspecified atom stereocenters. The van der Waals surface area contributed by atoms with Gasteiger partial charge in [-0.25, -0.2) is 8.42 Å². The molecule has 1 spiro atoms. The predicted octanol–water partition coefficient (Wildman–Crippen LogP) is 1.95. The van der Waals surface area contributed by atoms with Crippen molar-refractivity contribution in [2.24, 2.45) is 5.41 Å². The molecule has 0 saturated carbocycles. The van der Waals surface area contributed by atoms with Crippen molar-refractivity contribution >= 4 is 32.4 Å². The normalized spacial score (nSPS) is 22.7. The first-order valence-electron chi connectivity index (χ1n) is 9.53. The van der Waals surface area contributed by atoms with Gasteiger partial charge in [0.1, 0.15) is 6.54 Å². The molecule has 0 bridgehead atoms. The number of nitrogens with one attached hydrogen (secondary N) is 1. The lowest BCUT2D eigenvalue weighted by molar-refractivity contribution is -0.131. The molecule has 2 saturated heterocycles. The van der Waals surface area contributed by atoms with Crippen molar-refractivity contribution in [3.63, 3.8) is 0 Å². The summed E-state index contributed by atoms with van der Waals surface area (Å²) in [7, 11) is -3.68. The topological polar surface area (TPSA) is 69.7 Å². The summed E-state index contributed by atoms with van der Waals surface area (Å²) >= 11 is 0. The van der Waals surface area contributed by atoms with Crippen LogP contribution in [0.4, 0.5) is 5.69 Å². The third-order valence-corrected chi connectivity index (χ3v) is 8.27. The van der Waals surface area contributed by atoms with Gasteiger partial charge in [-0.1, -0.05) is 24.3 Å². The van der Waals surface area contributed by atoms with Crippen LogP contribution in [-0.4, -0.2) is 51.9 Å². The molecular formula is C20H23N3O3S. The van der Waals surface area contributed by atoms with Crippen LogP contribution < -0.4 is 9.62 Å². The molecule has 142 valence electrons. The average molecular weight is 385 g/mol. The van der Waals surface area contributed by atoms with Crippen LogP contribution in [0.3, 0.4) is 0 Å². The van der Waals surface area contributed by atoms with Gasteiger partial charge in [-0.3, -0.25) is 9.10 Å². The molecule has 3 heterocycles. The molecule has 1 amide bonds. The number of anilines is 1. The van der Waals surface area contributed by atoms with Crippen molar-refractivity contribution in [3.05, 3.63) is 36.4 Å². The van der Waals surface area contributed by atoms with Crippen LogP contribution in [0, 0.1) is 5.41 Å². The first-order chi connectivity index (χ1) is 13.0. The minimum atomic E-state index is -3.68. The van der Waals surface area contributed by atoms with Crippen LogP contribution in [0.2, 0.25) is 0 Å². The van der Waals surface area contributed by atoms with E-state index in [1.807, 2.05) is 23.1 Å². The van der Waals surface area contributed by atoms with Crippen LogP contribution >= 0.6 is 0 Å². The van der Waals surface area contributed by atoms with E-state index in [0.29, 0.717) is 29.1 Å². The SMILES string of the molecule is O=C(CN1c2cccc3cccc(c23)S1(=O)=O)N1CCC2(CCNC2)CC1. The van der Waals surface area contributed by atoms with E-state index in [-0.39, 0.29) is 12.5 Å². The van der Waals surface area contributed by atoms with Gasteiger partial charge in [0.2, 0.25) is 5.91 Å². The number of hydrogen-bond acceptors (Lipinski definition) is 4. The summed E-state index contributed by atoms with van der Waals surface area (Å²) in [5, 5.41) is 5.04. The van der Waals surface area contributed by atoms with Gasteiger partial charge in [-0.2, -0.15) is 0 Å². The number of rotatable bonds is 2. The van der Waals surface area contributed by atoms with E-state index >= 15 is 0 Å². The number of benzene rings is 2. The molecule has 3 aliphatic rings. The molecule has 7 heteroatoms. The van der Waals surface area contributed by atoms with E-state index < -0.39 is 10.0 Å². The second kappa shape index (κ2) is 5.94. The van der Waals surface area contributed by atoms with Crippen LogP contribution in [-0.2, 0) is 14.8 Å². The molecule has 1 N–H and O–H groups in total. The fourth-order valence-corrected chi connectivity index (χ4v) is 6.46. The van der Waals surface area contributed by atoms with Crippen molar-refractivity contribution in [1.29, 1.82) is 0 Å². The molecule has 6 nitrogen and oxygen atoms in total. The van der Waals surface area contributed by atoms with Gasteiger partial charge in [0.05, 0.1) is 10.6 Å². The smallest absolute Gasteiger partial charge is 0.265 e. The molecule has 2 aromatic rings. The van der Waals surface area contributed by atoms with Crippen molar-refractivity contribution in [1.82, 2.24) is 10.2 Å². The summed E-state index contributed by atoms with van der Waals surface area (Å²) in [6.45, 7) is 3.40. The Morgan fingerprint density at radius 2 is 1.81 bits per heavy atom. The second-order valence-corrected chi connectivity index (χ2v) is 9.78. The number of likely N-dealkylation sites (tertiary alicyclic amines) is 1. The predicted molar refractivity (Wildman–Crippen MR) is 104 cm³/mol. The van der Waals surface area contributed by atoms with Gasteiger partial charge < -0.3 is 10.2 Å². The summed E-state index contributed by atoms with van der Waals surface area (Å²) in [5.41, 5.74) is 0.947. The Labute approximate surface area is 159 Å². The Balaban J connectivity index is 1.39. The standard InChI is InChI=1S/C20H23N3O3S/c24-18(22-11-8-20(9-12-22)7-10-21-14-20)13-23-16-5-1-3-15-4-2-6-17(19(15)16)27(23,25)26/h1-6,21H,7-14H2. The monoisotopic (exact) mass is 385 g/mol. The molecular weight excluding hydrogens is 362 g/mol. The molecule has 5 rings (SSSR count). The molecule has 0 atom stereocenters. The maximum atomic E-state index is 13.0. The van der Waals surface area contributed by atoms with Crippen LogP contribution in [0.1, 0.15) is 19.3 Å². The zero-order valence-corrected chi connectivity index (χ0v) is 16.0. The van der Waals surface area contributed by atoms with E-state index in [0.717, 1.165) is 36.7 Å². The minimum Gasteiger partial charge on any atom is -0.341 e. The highest BCUT2D eigenvalue weighted by Gasteiger charge is 2.40. The quantitative estimate of drug-likeness (QED) is 0.858. The van der Waals surface area contributed by atoms with Gasteiger partial charge in [0.25, 0.3) is 10.0 Å².